The summed E-state index contributed by atoms with van der Waals surface area (Å²) in [7, 11) is 1.95. The van der Waals surface area contributed by atoms with E-state index in [2.05, 4.69) is 27.7 Å². The summed E-state index contributed by atoms with van der Waals surface area (Å²) in [5.41, 5.74) is 0.781. The minimum absolute atomic E-state index is 0.311. The minimum atomic E-state index is -0.649. The number of rotatable bonds is 7. The van der Waals surface area contributed by atoms with Crippen molar-refractivity contribution in [3.05, 3.63) is 0 Å². The smallest absolute Gasteiger partial charge is 0.303 e. The van der Waals surface area contributed by atoms with Crippen LogP contribution in [0.2, 0.25) is 0 Å². The summed E-state index contributed by atoms with van der Waals surface area (Å²) in [5, 5.41) is 9.19. The fraction of sp³-hybridized carbons (Fsp3) is 0.963. The topological polar surface area (TPSA) is 55.8 Å². The van der Waals surface area contributed by atoms with E-state index in [0.717, 1.165) is 30.8 Å². The molecule has 0 aromatic heterocycles. The summed E-state index contributed by atoms with van der Waals surface area (Å²) in [6.45, 7) is 10.4. The lowest BCUT2D eigenvalue weighted by atomic mass is 9.43. The molecular formula is C27H46O4. The van der Waals surface area contributed by atoms with Crippen LogP contribution < -0.4 is 0 Å². The van der Waals surface area contributed by atoms with Crippen LogP contribution in [-0.4, -0.2) is 37.0 Å². The predicted octanol–water partition coefficient (Wildman–Crippen LogP) is 6.18. The number of methoxy groups -OCH3 is 1. The zero-order valence-electron chi connectivity index (χ0n) is 20.6. The van der Waals surface area contributed by atoms with Gasteiger partial charge in [0, 0.05) is 20.1 Å². The van der Waals surface area contributed by atoms with Crippen LogP contribution in [0, 0.1) is 46.3 Å². The zero-order chi connectivity index (χ0) is 22.4. The third kappa shape index (κ3) is 3.98. The average molecular weight is 435 g/mol. The Labute approximate surface area is 189 Å². The van der Waals surface area contributed by atoms with Gasteiger partial charge in [-0.15, -0.1) is 0 Å². The number of carboxylic acids is 1. The van der Waals surface area contributed by atoms with Gasteiger partial charge in [-0.25, -0.2) is 0 Å². The standard InChI is InChI=1S/C27H46O4/c1-6-31-19-11-13-26(3)18(15-19)16-23(30-5)25-21-9-8-20(17(2)7-10-24(28)29)27(21,4)14-12-22(25)26/h17-23,25H,6-16H2,1-5H3,(H,28,29)/t17-,18-,19+,20?,21?,22?,23+,25?,26-,27+/m0/s1. The number of ether oxygens (including phenoxy) is 2. The number of aliphatic carboxylic acids is 1. The molecule has 0 saturated heterocycles. The average Bonchev–Trinajstić information content (AvgIpc) is 3.09. The number of fused-ring (bicyclic) bond motifs is 5. The van der Waals surface area contributed by atoms with Crippen molar-refractivity contribution in [2.45, 2.75) is 104 Å². The fourth-order valence-corrected chi connectivity index (χ4v) is 9.32. The van der Waals surface area contributed by atoms with Gasteiger partial charge < -0.3 is 14.6 Å². The molecule has 0 radical (unpaired) electrons. The Hall–Kier alpha value is -0.610. The summed E-state index contributed by atoms with van der Waals surface area (Å²) >= 11 is 0. The van der Waals surface area contributed by atoms with E-state index in [0.29, 0.717) is 47.2 Å². The van der Waals surface area contributed by atoms with Gasteiger partial charge in [0.2, 0.25) is 0 Å². The summed E-state index contributed by atoms with van der Waals surface area (Å²) < 4.78 is 12.3. The molecule has 4 fully saturated rings. The molecule has 4 heteroatoms. The maximum Gasteiger partial charge on any atom is 0.303 e. The van der Waals surface area contributed by atoms with Gasteiger partial charge in [-0.1, -0.05) is 20.8 Å². The molecule has 0 amide bonds. The molecule has 0 bridgehead atoms. The molecule has 10 atom stereocenters. The van der Waals surface area contributed by atoms with Gasteiger partial charge in [0.1, 0.15) is 0 Å². The highest BCUT2D eigenvalue weighted by molar-refractivity contribution is 5.66. The Morgan fingerprint density at radius 1 is 1.06 bits per heavy atom. The van der Waals surface area contributed by atoms with Crippen LogP contribution in [0.15, 0.2) is 0 Å². The van der Waals surface area contributed by atoms with E-state index in [-0.39, 0.29) is 0 Å². The van der Waals surface area contributed by atoms with Crippen LogP contribution in [0.1, 0.15) is 91.9 Å². The second kappa shape index (κ2) is 8.97. The second-order valence-corrected chi connectivity index (χ2v) is 12.0. The number of hydrogen-bond donors (Lipinski definition) is 1. The van der Waals surface area contributed by atoms with Crippen molar-refractivity contribution >= 4 is 5.97 Å². The van der Waals surface area contributed by atoms with Gasteiger partial charge in [-0.2, -0.15) is 0 Å². The molecule has 4 rings (SSSR count). The molecule has 178 valence electrons. The highest BCUT2D eigenvalue weighted by Crippen LogP contribution is 2.68. The van der Waals surface area contributed by atoms with Crippen molar-refractivity contribution < 1.29 is 19.4 Å². The van der Waals surface area contributed by atoms with Crippen LogP contribution >= 0.6 is 0 Å². The maximum atomic E-state index is 11.2. The molecule has 0 heterocycles. The molecule has 0 aromatic rings. The quantitative estimate of drug-likeness (QED) is 0.520. The minimum Gasteiger partial charge on any atom is -0.481 e. The molecule has 4 aliphatic carbocycles. The van der Waals surface area contributed by atoms with Crippen molar-refractivity contribution in [1.82, 2.24) is 0 Å². The van der Waals surface area contributed by atoms with E-state index in [1.54, 1.807) is 0 Å². The predicted molar refractivity (Wildman–Crippen MR) is 123 cm³/mol. The lowest BCUT2D eigenvalue weighted by Gasteiger charge is -2.63. The zero-order valence-corrected chi connectivity index (χ0v) is 20.6. The normalized spacial score (nSPS) is 47.8. The molecule has 4 nitrogen and oxygen atoms in total. The van der Waals surface area contributed by atoms with E-state index < -0.39 is 5.97 Å². The molecule has 31 heavy (non-hydrogen) atoms. The van der Waals surface area contributed by atoms with Gasteiger partial charge in [0.25, 0.3) is 0 Å². The highest BCUT2D eigenvalue weighted by Gasteiger charge is 2.63. The SMILES string of the molecule is CCO[C@@H]1CC[C@]2(C)C3CC[C@@]4(C)C(CCC4[C@@H](C)CCC(=O)O)C3[C@H](OC)C[C@@H]2C1. The van der Waals surface area contributed by atoms with E-state index in [1.807, 2.05) is 7.11 Å². The fourth-order valence-electron chi connectivity index (χ4n) is 9.32. The first-order valence-electron chi connectivity index (χ1n) is 13.1. The molecule has 4 aliphatic rings. The first kappa shape index (κ1) is 23.5. The largest absolute Gasteiger partial charge is 0.481 e. The molecule has 0 spiro atoms. The third-order valence-corrected chi connectivity index (χ3v) is 10.9. The molecular weight excluding hydrogens is 388 g/mol. The maximum absolute atomic E-state index is 11.2. The first-order valence-corrected chi connectivity index (χ1v) is 13.1. The van der Waals surface area contributed by atoms with Crippen molar-refractivity contribution in [2.24, 2.45) is 46.3 Å². The van der Waals surface area contributed by atoms with Crippen LogP contribution in [0.5, 0.6) is 0 Å². The Balaban J connectivity index is 1.55. The van der Waals surface area contributed by atoms with Crippen LogP contribution in [0.25, 0.3) is 0 Å². The van der Waals surface area contributed by atoms with Crippen molar-refractivity contribution in [2.75, 3.05) is 13.7 Å². The van der Waals surface area contributed by atoms with Crippen LogP contribution in [-0.2, 0) is 14.3 Å². The Bertz CT molecular complexity index is 649. The molecule has 0 aliphatic heterocycles. The highest BCUT2D eigenvalue weighted by atomic mass is 16.5. The Morgan fingerprint density at radius 3 is 2.45 bits per heavy atom. The van der Waals surface area contributed by atoms with Gasteiger partial charge >= 0.3 is 5.97 Å². The van der Waals surface area contributed by atoms with Crippen LogP contribution in [0.4, 0.5) is 0 Å². The summed E-state index contributed by atoms with van der Waals surface area (Å²) in [6, 6.07) is 0. The number of carboxylic acid groups (broad SMARTS) is 1. The molecule has 4 saturated carbocycles. The Kier molecular flexibility index (Phi) is 6.81. The second-order valence-electron chi connectivity index (χ2n) is 12.0. The van der Waals surface area contributed by atoms with Gasteiger partial charge in [-0.3, -0.25) is 4.79 Å². The Morgan fingerprint density at radius 2 is 1.77 bits per heavy atom. The summed E-state index contributed by atoms with van der Waals surface area (Å²) in [5.74, 6) is 3.40. The summed E-state index contributed by atoms with van der Waals surface area (Å²) in [6.07, 6.45) is 12.1. The molecule has 4 unspecified atom stereocenters. The van der Waals surface area contributed by atoms with Gasteiger partial charge in [0.15, 0.2) is 0 Å². The third-order valence-electron chi connectivity index (χ3n) is 10.9. The van der Waals surface area contributed by atoms with E-state index >= 15 is 0 Å². The van der Waals surface area contributed by atoms with Crippen molar-refractivity contribution in [3.8, 4) is 0 Å². The lowest BCUT2D eigenvalue weighted by molar-refractivity contribution is -0.185. The summed E-state index contributed by atoms with van der Waals surface area (Å²) in [4.78, 5) is 11.2. The number of carbonyl (C=O) groups is 1. The van der Waals surface area contributed by atoms with Crippen molar-refractivity contribution in [1.29, 1.82) is 0 Å². The van der Waals surface area contributed by atoms with Crippen LogP contribution in [0.3, 0.4) is 0 Å². The monoisotopic (exact) mass is 434 g/mol. The van der Waals surface area contributed by atoms with Crippen molar-refractivity contribution in [3.63, 3.8) is 0 Å². The number of hydrogen-bond acceptors (Lipinski definition) is 3. The van der Waals surface area contributed by atoms with Gasteiger partial charge in [0.05, 0.1) is 12.2 Å². The molecule has 0 aromatic carbocycles. The van der Waals surface area contributed by atoms with Gasteiger partial charge in [-0.05, 0) is 111 Å². The first-order chi connectivity index (χ1) is 14.7. The lowest BCUT2D eigenvalue weighted by Crippen LogP contribution is -2.59. The molecule has 1 N–H and O–H groups in total. The van der Waals surface area contributed by atoms with E-state index in [1.165, 1.54) is 51.4 Å². The van der Waals surface area contributed by atoms with E-state index in [9.17, 15) is 9.90 Å². The van der Waals surface area contributed by atoms with E-state index in [4.69, 9.17) is 9.47 Å².